The third-order valence-corrected chi connectivity index (χ3v) is 6.08. The molecule has 1 aromatic heterocycles. The zero-order valence-corrected chi connectivity index (χ0v) is 18.8. The molecule has 0 bridgehead atoms. The third-order valence-electron chi connectivity index (χ3n) is 6.08. The Balaban J connectivity index is 1.29. The van der Waals surface area contributed by atoms with Crippen LogP contribution in [0.2, 0.25) is 0 Å². The van der Waals surface area contributed by atoms with Gasteiger partial charge in [-0.3, -0.25) is 14.9 Å². The van der Waals surface area contributed by atoms with Gasteiger partial charge in [0, 0.05) is 49.8 Å². The van der Waals surface area contributed by atoms with E-state index in [1.807, 2.05) is 43.3 Å². The van der Waals surface area contributed by atoms with Crippen LogP contribution in [0.25, 0.3) is 10.9 Å². The van der Waals surface area contributed by atoms with Gasteiger partial charge in [-0.05, 0) is 55.9 Å². The lowest BCUT2D eigenvalue weighted by atomic mass is 9.86. The van der Waals surface area contributed by atoms with Gasteiger partial charge < -0.3 is 15.5 Å². The summed E-state index contributed by atoms with van der Waals surface area (Å²) in [5, 5.41) is 18.2. The van der Waals surface area contributed by atoms with E-state index in [1.54, 1.807) is 0 Å². The molecule has 9 heteroatoms. The minimum atomic E-state index is -0.474. The van der Waals surface area contributed by atoms with Gasteiger partial charge in [-0.25, -0.2) is 4.98 Å². The van der Waals surface area contributed by atoms with Gasteiger partial charge in [0.25, 0.3) is 11.6 Å². The zero-order valence-electron chi connectivity index (χ0n) is 18.8. The Morgan fingerprint density at radius 3 is 2.42 bits per heavy atom. The number of benzene rings is 2. The predicted octanol–water partition coefficient (Wildman–Crippen LogP) is 4.00. The molecule has 172 valence electrons. The molecule has 0 atom stereocenters. The Morgan fingerprint density at radius 2 is 1.76 bits per heavy atom. The lowest BCUT2D eigenvalue weighted by molar-refractivity contribution is -0.384. The highest BCUT2D eigenvalue weighted by atomic mass is 16.6. The number of fused-ring (bicyclic) bond motifs is 1. The first-order valence-corrected chi connectivity index (χ1v) is 11.1. The van der Waals surface area contributed by atoms with Crippen LogP contribution in [0.1, 0.15) is 36.0 Å². The Kier molecular flexibility index (Phi) is 6.67. The maximum Gasteiger partial charge on any atom is 0.269 e. The van der Waals surface area contributed by atoms with E-state index < -0.39 is 4.92 Å². The molecular formula is C24H28N6O3. The predicted molar refractivity (Wildman–Crippen MR) is 129 cm³/mol. The normalized spacial score (nSPS) is 18.0. The summed E-state index contributed by atoms with van der Waals surface area (Å²) in [6.07, 6.45) is 3.94. The van der Waals surface area contributed by atoms with E-state index in [0.29, 0.717) is 30.0 Å². The van der Waals surface area contributed by atoms with Gasteiger partial charge in [0.05, 0.1) is 10.4 Å². The molecule has 2 aromatic carbocycles. The highest BCUT2D eigenvalue weighted by Gasteiger charge is 2.23. The van der Waals surface area contributed by atoms with E-state index in [1.165, 1.54) is 24.3 Å². The van der Waals surface area contributed by atoms with Crippen molar-refractivity contribution >= 4 is 34.3 Å². The molecule has 4 rings (SSSR count). The highest BCUT2D eigenvalue weighted by molar-refractivity contribution is 5.94. The maximum atomic E-state index is 12.4. The van der Waals surface area contributed by atoms with E-state index in [-0.39, 0.29) is 11.6 Å². The van der Waals surface area contributed by atoms with Crippen molar-refractivity contribution in [3.05, 3.63) is 64.2 Å². The molecule has 9 nitrogen and oxygen atoms in total. The van der Waals surface area contributed by atoms with Gasteiger partial charge in [-0.1, -0.05) is 12.1 Å². The Labute approximate surface area is 192 Å². The van der Waals surface area contributed by atoms with Crippen LogP contribution in [-0.2, 0) is 0 Å². The standard InChI is InChI=1S/C24H28N6O3/c1-29(2)22-20-5-3-4-6-21(20)27-24(28-22)26-18-11-7-16(8-12-18)15-25-23(31)17-9-13-19(14-10-17)30(32)33/h3-6,9-10,13-14,16,18H,7-8,11-12,15H2,1-2H3,(H,25,31)(H,26,27,28). The summed E-state index contributed by atoms with van der Waals surface area (Å²) >= 11 is 0. The van der Waals surface area contributed by atoms with Crippen LogP contribution in [0.5, 0.6) is 0 Å². The number of carbonyl (C=O) groups is 1. The molecule has 1 heterocycles. The molecular weight excluding hydrogens is 420 g/mol. The minimum absolute atomic E-state index is 0.0227. The number of nitrogens with zero attached hydrogens (tertiary/aromatic N) is 4. The molecule has 1 amide bonds. The van der Waals surface area contributed by atoms with Crippen molar-refractivity contribution in [2.24, 2.45) is 5.92 Å². The number of hydrogen-bond acceptors (Lipinski definition) is 7. The van der Waals surface area contributed by atoms with Crippen molar-refractivity contribution in [3.63, 3.8) is 0 Å². The van der Waals surface area contributed by atoms with Gasteiger partial charge in [-0.15, -0.1) is 0 Å². The molecule has 0 spiro atoms. The topological polar surface area (TPSA) is 113 Å². The van der Waals surface area contributed by atoms with Gasteiger partial charge >= 0.3 is 0 Å². The monoisotopic (exact) mass is 448 g/mol. The van der Waals surface area contributed by atoms with Crippen molar-refractivity contribution in [3.8, 4) is 0 Å². The molecule has 1 aliphatic carbocycles. The SMILES string of the molecule is CN(C)c1nc(NC2CCC(CNC(=O)c3ccc([N+](=O)[O-])cc3)CC2)nc2ccccc12. The first-order valence-electron chi connectivity index (χ1n) is 11.1. The number of anilines is 2. The van der Waals surface area contributed by atoms with Crippen molar-refractivity contribution in [2.45, 2.75) is 31.7 Å². The number of amides is 1. The number of nitrogens with one attached hydrogen (secondary N) is 2. The molecule has 0 aliphatic heterocycles. The fourth-order valence-corrected chi connectivity index (χ4v) is 4.23. The molecule has 0 radical (unpaired) electrons. The number of para-hydroxylation sites is 1. The molecule has 1 saturated carbocycles. The number of nitro benzene ring substituents is 1. The summed E-state index contributed by atoms with van der Waals surface area (Å²) in [4.78, 5) is 34.1. The van der Waals surface area contributed by atoms with E-state index in [4.69, 9.17) is 9.97 Å². The lowest BCUT2D eigenvalue weighted by Gasteiger charge is -2.29. The van der Waals surface area contributed by atoms with Gasteiger partial charge in [-0.2, -0.15) is 4.98 Å². The van der Waals surface area contributed by atoms with Crippen molar-refractivity contribution in [1.82, 2.24) is 15.3 Å². The number of aromatic nitrogens is 2. The van der Waals surface area contributed by atoms with E-state index in [2.05, 4.69) is 10.6 Å². The highest BCUT2D eigenvalue weighted by Crippen LogP contribution is 2.28. The van der Waals surface area contributed by atoms with Crippen LogP contribution in [0.15, 0.2) is 48.5 Å². The molecule has 3 aromatic rings. The lowest BCUT2D eigenvalue weighted by Crippen LogP contribution is -2.34. The molecule has 1 fully saturated rings. The molecule has 2 N–H and O–H groups in total. The summed E-state index contributed by atoms with van der Waals surface area (Å²) in [6.45, 7) is 0.597. The summed E-state index contributed by atoms with van der Waals surface area (Å²) in [7, 11) is 3.96. The Hall–Kier alpha value is -3.75. The number of rotatable bonds is 7. The number of non-ortho nitro benzene ring substituents is 1. The van der Waals surface area contributed by atoms with E-state index in [9.17, 15) is 14.9 Å². The van der Waals surface area contributed by atoms with E-state index in [0.717, 1.165) is 42.4 Å². The summed E-state index contributed by atoms with van der Waals surface area (Å²) in [5.74, 6) is 1.74. The van der Waals surface area contributed by atoms with Crippen LogP contribution < -0.4 is 15.5 Å². The van der Waals surface area contributed by atoms with Crippen LogP contribution in [-0.4, -0.2) is 47.5 Å². The van der Waals surface area contributed by atoms with Gasteiger partial charge in [0.2, 0.25) is 5.95 Å². The number of hydrogen-bond donors (Lipinski definition) is 2. The van der Waals surface area contributed by atoms with Gasteiger partial charge in [0.1, 0.15) is 5.82 Å². The maximum absolute atomic E-state index is 12.4. The number of nitro groups is 1. The first kappa shape index (κ1) is 22.4. The number of carbonyl (C=O) groups excluding carboxylic acids is 1. The summed E-state index contributed by atoms with van der Waals surface area (Å²) in [5.41, 5.74) is 1.33. The Bertz CT molecular complexity index is 1140. The fraction of sp³-hybridized carbons (Fsp3) is 0.375. The van der Waals surface area contributed by atoms with Crippen molar-refractivity contribution in [2.75, 3.05) is 30.9 Å². The van der Waals surface area contributed by atoms with E-state index >= 15 is 0 Å². The van der Waals surface area contributed by atoms with Crippen LogP contribution in [0.3, 0.4) is 0 Å². The average molecular weight is 449 g/mol. The quantitative estimate of drug-likeness (QED) is 0.415. The molecule has 0 unspecified atom stereocenters. The molecule has 1 aliphatic rings. The average Bonchev–Trinajstić information content (AvgIpc) is 2.83. The zero-order chi connectivity index (χ0) is 23.4. The third kappa shape index (κ3) is 5.36. The molecule has 33 heavy (non-hydrogen) atoms. The van der Waals surface area contributed by atoms with Crippen molar-refractivity contribution in [1.29, 1.82) is 0 Å². The second kappa shape index (κ2) is 9.81. The smallest absolute Gasteiger partial charge is 0.269 e. The second-order valence-corrected chi connectivity index (χ2v) is 8.66. The van der Waals surface area contributed by atoms with Crippen LogP contribution in [0.4, 0.5) is 17.5 Å². The first-order chi connectivity index (χ1) is 15.9. The fourth-order valence-electron chi connectivity index (χ4n) is 4.23. The summed E-state index contributed by atoms with van der Waals surface area (Å²) in [6, 6.07) is 14.0. The Morgan fingerprint density at radius 1 is 1.06 bits per heavy atom. The van der Waals surface area contributed by atoms with Crippen LogP contribution in [0, 0.1) is 16.0 Å². The second-order valence-electron chi connectivity index (χ2n) is 8.66. The van der Waals surface area contributed by atoms with Crippen molar-refractivity contribution < 1.29 is 9.72 Å². The van der Waals surface area contributed by atoms with Gasteiger partial charge in [0.15, 0.2) is 0 Å². The molecule has 0 saturated heterocycles. The summed E-state index contributed by atoms with van der Waals surface area (Å²) < 4.78 is 0. The van der Waals surface area contributed by atoms with Crippen LogP contribution >= 0.6 is 0 Å². The minimum Gasteiger partial charge on any atom is -0.362 e. The largest absolute Gasteiger partial charge is 0.362 e.